The molecule has 0 atom stereocenters. The van der Waals surface area contributed by atoms with Gasteiger partial charge in [-0.05, 0) is 18.6 Å². The second kappa shape index (κ2) is 4.49. The molecule has 0 aliphatic rings. The van der Waals surface area contributed by atoms with E-state index in [1.807, 2.05) is 0 Å². The molecule has 0 spiro atoms. The number of hydrogen-bond donors (Lipinski definition) is 2. The summed E-state index contributed by atoms with van der Waals surface area (Å²) in [6.45, 7) is 1.47. The number of anilines is 2. The summed E-state index contributed by atoms with van der Waals surface area (Å²) in [5.74, 6) is -1.87. The number of nitrogen functional groups attached to an aromatic ring is 2. The standard InChI is InChI=1S/C12H9F2N5/c1-5-2-6(9(14)3-8(5)13)10-7(4-15)11(16)19-12(17)18-10/h2-3H,1H3,(H4,16,17,18,19). The van der Waals surface area contributed by atoms with Crippen LogP contribution < -0.4 is 11.5 Å². The zero-order chi connectivity index (χ0) is 14.2. The third-order valence-electron chi connectivity index (χ3n) is 2.57. The van der Waals surface area contributed by atoms with Gasteiger partial charge < -0.3 is 11.5 Å². The second-order valence-electron chi connectivity index (χ2n) is 3.88. The highest BCUT2D eigenvalue weighted by Crippen LogP contribution is 2.29. The molecule has 1 heterocycles. The van der Waals surface area contributed by atoms with E-state index < -0.39 is 11.6 Å². The molecular weight excluding hydrogens is 252 g/mol. The van der Waals surface area contributed by atoms with Crippen molar-refractivity contribution in [1.29, 1.82) is 5.26 Å². The minimum Gasteiger partial charge on any atom is -0.382 e. The lowest BCUT2D eigenvalue weighted by Crippen LogP contribution is -2.06. The van der Waals surface area contributed by atoms with Crippen molar-refractivity contribution < 1.29 is 8.78 Å². The lowest BCUT2D eigenvalue weighted by atomic mass is 10.0. The monoisotopic (exact) mass is 261 g/mol. The maximum Gasteiger partial charge on any atom is 0.222 e. The topological polar surface area (TPSA) is 102 Å². The maximum absolute atomic E-state index is 13.8. The average Bonchev–Trinajstić information content (AvgIpc) is 2.33. The molecule has 4 N–H and O–H groups in total. The van der Waals surface area contributed by atoms with Crippen molar-refractivity contribution in [2.75, 3.05) is 11.5 Å². The highest BCUT2D eigenvalue weighted by Gasteiger charge is 2.17. The van der Waals surface area contributed by atoms with Crippen LogP contribution in [0.1, 0.15) is 11.1 Å². The molecule has 5 nitrogen and oxygen atoms in total. The molecule has 0 unspecified atom stereocenters. The number of halogens is 2. The predicted octanol–water partition coefficient (Wildman–Crippen LogP) is 1.77. The van der Waals surface area contributed by atoms with Gasteiger partial charge >= 0.3 is 0 Å². The van der Waals surface area contributed by atoms with Gasteiger partial charge in [0.25, 0.3) is 0 Å². The molecule has 1 aromatic heterocycles. The van der Waals surface area contributed by atoms with Gasteiger partial charge in [-0.3, -0.25) is 0 Å². The van der Waals surface area contributed by atoms with Crippen LogP contribution in [0.3, 0.4) is 0 Å². The van der Waals surface area contributed by atoms with Gasteiger partial charge in [-0.2, -0.15) is 10.2 Å². The van der Waals surface area contributed by atoms with Gasteiger partial charge in [0.15, 0.2) is 0 Å². The van der Waals surface area contributed by atoms with Crippen molar-refractivity contribution in [2.45, 2.75) is 6.92 Å². The Kier molecular flexibility index (Phi) is 3.00. The molecule has 2 aromatic rings. The van der Waals surface area contributed by atoms with Crippen molar-refractivity contribution in [1.82, 2.24) is 9.97 Å². The number of aryl methyl sites for hydroxylation is 1. The zero-order valence-electron chi connectivity index (χ0n) is 9.91. The van der Waals surface area contributed by atoms with Crippen molar-refractivity contribution in [2.24, 2.45) is 0 Å². The van der Waals surface area contributed by atoms with Gasteiger partial charge in [0.05, 0.1) is 5.69 Å². The Hall–Kier alpha value is -2.75. The van der Waals surface area contributed by atoms with Crippen LogP contribution in [0.4, 0.5) is 20.5 Å². The van der Waals surface area contributed by atoms with E-state index in [9.17, 15) is 8.78 Å². The molecule has 0 saturated heterocycles. The van der Waals surface area contributed by atoms with Crippen molar-refractivity contribution in [3.05, 3.63) is 34.9 Å². The Morgan fingerprint density at radius 2 is 1.84 bits per heavy atom. The first-order chi connectivity index (χ1) is 8.93. The molecule has 0 bridgehead atoms. The normalized spacial score (nSPS) is 10.2. The van der Waals surface area contributed by atoms with Crippen LogP contribution in [0.15, 0.2) is 12.1 Å². The van der Waals surface area contributed by atoms with Crippen LogP contribution in [0, 0.1) is 29.9 Å². The highest BCUT2D eigenvalue weighted by molar-refractivity contribution is 5.73. The molecule has 7 heteroatoms. The van der Waals surface area contributed by atoms with E-state index in [2.05, 4.69) is 9.97 Å². The van der Waals surface area contributed by atoms with Gasteiger partial charge in [0.2, 0.25) is 5.95 Å². The molecule has 0 fully saturated rings. The largest absolute Gasteiger partial charge is 0.382 e. The number of aromatic nitrogens is 2. The number of nitrogens with zero attached hydrogens (tertiary/aromatic N) is 3. The minimum atomic E-state index is -0.850. The fourth-order valence-corrected chi connectivity index (χ4v) is 1.64. The Labute approximate surface area is 107 Å². The average molecular weight is 261 g/mol. The van der Waals surface area contributed by atoms with Gasteiger partial charge in [-0.1, -0.05) is 0 Å². The molecule has 1 aromatic carbocycles. The Balaban J connectivity index is 2.79. The van der Waals surface area contributed by atoms with Crippen LogP contribution in [-0.2, 0) is 0 Å². The molecule has 0 aliphatic heterocycles. The summed E-state index contributed by atoms with van der Waals surface area (Å²) < 4.78 is 27.0. The van der Waals surface area contributed by atoms with Crippen molar-refractivity contribution in [3.63, 3.8) is 0 Å². The molecule has 2 rings (SSSR count). The lowest BCUT2D eigenvalue weighted by Gasteiger charge is -2.09. The van der Waals surface area contributed by atoms with Crippen LogP contribution in [0.5, 0.6) is 0 Å². The third kappa shape index (κ3) is 2.15. The third-order valence-corrected chi connectivity index (χ3v) is 2.57. The fourth-order valence-electron chi connectivity index (χ4n) is 1.64. The Morgan fingerprint density at radius 1 is 1.16 bits per heavy atom. The summed E-state index contributed by atoms with van der Waals surface area (Å²) in [7, 11) is 0. The molecule has 0 radical (unpaired) electrons. The van der Waals surface area contributed by atoms with E-state index >= 15 is 0 Å². The summed E-state index contributed by atoms with van der Waals surface area (Å²) in [5, 5.41) is 9.02. The van der Waals surface area contributed by atoms with E-state index in [1.54, 1.807) is 6.07 Å². The first-order valence-electron chi connectivity index (χ1n) is 5.23. The summed E-state index contributed by atoms with van der Waals surface area (Å²) >= 11 is 0. The van der Waals surface area contributed by atoms with Crippen molar-refractivity contribution >= 4 is 11.8 Å². The summed E-state index contributed by atoms with van der Waals surface area (Å²) in [6.07, 6.45) is 0. The Bertz CT molecular complexity index is 706. The van der Waals surface area contributed by atoms with E-state index in [1.165, 1.54) is 13.0 Å². The smallest absolute Gasteiger partial charge is 0.222 e. The second-order valence-corrected chi connectivity index (χ2v) is 3.88. The van der Waals surface area contributed by atoms with E-state index in [0.717, 1.165) is 6.07 Å². The molecule has 19 heavy (non-hydrogen) atoms. The number of rotatable bonds is 1. The number of hydrogen-bond acceptors (Lipinski definition) is 5. The van der Waals surface area contributed by atoms with Gasteiger partial charge in [-0.15, -0.1) is 0 Å². The molecule has 0 saturated carbocycles. The SMILES string of the molecule is Cc1cc(-c2nc(N)nc(N)c2C#N)c(F)cc1F. The molecule has 0 aliphatic carbocycles. The predicted molar refractivity (Wildman–Crippen MR) is 65.7 cm³/mol. The minimum absolute atomic E-state index is 0.0451. The summed E-state index contributed by atoms with van der Waals surface area (Å²) in [6, 6.07) is 3.75. The van der Waals surface area contributed by atoms with Crippen LogP contribution in [0.2, 0.25) is 0 Å². The molecule has 0 amide bonds. The first-order valence-corrected chi connectivity index (χ1v) is 5.23. The number of benzene rings is 1. The summed E-state index contributed by atoms with van der Waals surface area (Å²) in [4.78, 5) is 7.43. The van der Waals surface area contributed by atoms with E-state index in [-0.39, 0.29) is 34.2 Å². The maximum atomic E-state index is 13.8. The highest BCUT2D eigenvalue weighted by atomic mass is 19.1. The van der Waals surface area contributed by atoms with Crippen molar-refractivity contribution in [3.8, 4) is 17.3 Å². The van der Waals surface area contributed by atoms with E-state index in [0.29, 0.717) is 0 Å². The number of nitriles is 1. The van der Waals surface area contributed by atoms with Crippen LogP contribution >= 0.6 is 0 Å². The lowest BCUT2D eigenvalue weighted by molar-refractivity contribution is 0.579. The van der Waals surface area contributed by atoms with Crippen LogP contribution in [0.25, 0.3) is 11.3 Å². The molecule has 96 valence electrons. The number of nitrogens with two attached hydrogens (primary N) is 2. The van der Waals surface area contributed by atoms with Gasteiger partial charge in [-0.25, -0.2) is 13.8 Å². The fraction of sp³-hybridized carbons (Fsp3) is 0.0833. The Morgan fingerprint density at radius 3 is 2.47 bits per heavy atom. The van der Waals surface area contributed by atoms with E-state index in [4.69, 9.17) is 16.7 Å². The molecular formula is C12H9F2N5. The summed E-state index contributed by atoms with van der Waals surface area (Å²) in [5.41, 5.74) is 11.0. The van der Waals surface area contributed by atoms with Gasteiger partial charge in [0.1, 0.15) is 29.1 Å². The zero-order valence-corrected chi connectivity index (χ0v) is 9.91. The quantitative estimate of drug-likeness (QED) is 0.814. The van der Waals surface area contributed by atoms with Gasteiger partial charge in [0, 0.05) is 11.6 Å². The first kappa shape index (κ1) is 12.7. The van der Waals surface area contributed by atoms with Crippen LogP contribution in [-0.4, -0.2) is 9.97 Å².